The van der Waals surface area contributed by atoms with E-state index in [1.165, 1.54) is 89.9 Å². The van der Waals surface area contributed by atoms with Gasteiger partial charge < -0.3 is 20.3 Å². The predicted molar refractivity (Wildman–Crippen MR) is 245 cm³/mol. The quantitative estimate of drug-likeness (QED) is 0.0247. The van der Waals surface area contributed by atoms with Crippen molar-refractivity contribution in [3.05, 3.63) is 60.8 Å². The summed E-state index contributed by atoms with van der Waals surface area (Å²) in [6.07, 6.45) is 54.2. The van der Waals surface area contributed by atoms with Gasteiger partial charge in [0.25, 0.3) is 0 Å². The molecule has 0 radical (unpaired) electrons. The fourth-order valence-electron chi connectivity index (χ4n) is 7.06. The summed E-state index contributed by atoms with van der Waals surface area (Å²) in [4.78, 5) is 26.0. The molecule has 57 heavy (non-hydrogen) atoms. The van der Waals surface area contributed by atoms with Gasteiger partial charge in [-0.25, -0.2) is 0 Å². The Morgan fingerprint density at radius 1 is 0.544 bits per heavy atom. The average molecular weight is 798 g/mol. The van der Waals surface area contributed by atoms with Crippen LogP contribution in [0.5, 0.6) is 0 Å². The molecule has 3 unspecified atom stereocenters. The molecule has 0 aliphatic rings. The van der Waals surface area contributed by atoms with Crippen molar-refractivity contribution in [2.45, 2.75) is 244 Å². The minimum absolute atomic E-state index is 0.0499. The van der Waals surface area contributed by atoms with Gasteiger partial charge in [0.1, 0.15) is 6.10 Å². The van der Waals surface area contributed by atoms with Gasteiger partial charge in [0.15, 0.2) is 0 Å². The zero-order chi connectivity index (χ0) is 41.7. The summed E-state index contributed by atoms with van der Waals surface area (Å²) < 4.78 is 5.89. The van der Waals surface area contributed by atoms with Crippen molar-refractivity contribution >= 4 is 11.9 Å². The molecule has 0 rings (SSSR count). The molecule has 0 aromatic carbocycles. The third-order valence-electron chi connectivity index (χ3n) is 10.7. The van der Waals surface area contributed by atoms with E-state index in [1.54, 1.807) is 0 Å². The Morgan fingerprint density at radius 3 is 1.63 bits per heavy atom. The average Bonchev–Trinajstić information content (AvgIpc) is 3.20. The van der Waals surface area contributed by atoms with Gasteiger partial charge in [-0.1, -0.05) is 204 Å². The highest BCUT2D eigenvalue weighted by Crippen LogP contribution is 2.17. The largest absolute Gasteiger partial charge is 0.462 e. The van der Waals surface area contributed by atoms with Crippen LogP contribution >= 0.6 is 0 Å². The number of aliphatic hydroxyl groups is 2. The number of aliphatic hydroxyl groups excluding tert-OH is 2. The lowest BCUT2D eigenvalue weighted by molar-refractivity contribution is -0.151. The molecule has 6 nitrogen and oxygen atoms in total. The molecular formula is C51H91NO5. The number of ether oxygens (including phenoxy) is 1. The summed E-state index contributed by atoms with van der Waals surface area (Å²) in [5.74, 6) is -0.520. The standard InChI is InChI=1S/C51H91NO5/c1-4-7-10-13-16-19-22-24-26-29-32-35-38-41-44-51(56)57-47(42-39-36-33-30-27-21-18-15-12-9-6-3)45-50(55)52-48(46-53)49(54)43-40-37-34-31-28-25-23-20-17-14-11-8-5-2/h7,9-10,12,15-16,18-19,21,27,47-49,53-54H,4-6,8,11,13-14,17,20,22-26,28-46H2,1-3H3,(H,52,55)/b10-7+,12-9+,18-15+,19-16+,27-21-. The van der Waals surface area contributed by atoms with Crippen LogP contribution in [0.4, 0.5) is 0 Å². The van der Waals surface area contributed by atoms with E-state index in [9.17, 15) is 19.8 Å². The van der Waals surface area contributed by atoms with Crippen molar-refractivity contribution in [2.24, 2.45) is 0 Å². The molecular weight excluding hydrogens is 707 g/mol. The maximum absolute atomic E-state index is 13.1. The van der Waals surface area contributed by atoms with E-state index in [0.717, 1.165) is 89.9 Å². The molecule has 1 amide bonds. The van der Waals surface area contributed by atoms with Crippen LogP contribution < -0.4 is 5.32 Å². The highest BCUT2D eigenvalue weighted by atomic mass is 16.5. The SMILES string of the molecule is CC/C=C/C=C/C=C\CCCCCC(CC(=O)NC(CO)C(O)CCCCCCCCCCCCCCC)OC(=O)CCCCCCCCC/C=C/C/C=C/CC. The van der Waals surface area contributed by atoms with Crippen molar-refractivity contribution in [2.75, 3.05) is 6.61 Å². The summed E-state index contributed by atoms with van der Waals surface area (Å²) in [7, 11) is 0. The van der Waals surface area contributed by atoms with Crippen molar-refractivity contribution in [3.63, 3.8) is 0 Å². The first-order chi connectivity index (χ1) is 28.0. The molecule has 0 aromatic heterocycles. The lowest BCUT2D eigenvalue weighted by atomic mass is 10.0. The third-order valence-corrected chi connectivity index (χ3v) is 10.7. The summed E-state index contributed by atoms with van der Waals surface area (Å²) in [6, 6.07) is -0.714. The predicted octanol–water partition coefficient (Wildman–Crippen LogP) is 14.1. The van der Waals surface area contributed by atoms with Crippen LogP contribution in [-0.4, -0.2) is 46.9 Å². The third kappa shape index (κ3) is 40.1. The van der Waals surface area contributed by atoms with Gasteiger partial charge in [0, 0.05) is 6.42 Å². The van der Waals surface area contributed by atoms with Gasteiger partial charge in [0.05, 0.1) is 25.2 Å². The zero-order valence-electron chi connectivity index (χ0n) is 37.5. The number of carbonyl (C=O) groups is 2. The van der Waals surface area contributed by atoms with Crippen molar-refractivity contribution in [3.8, 4) is 0 Å². The molecule has 330 valence electrons. The summed E-state index contributed by atoms with van der Waals surface area (Å²) in [5, 5.41) is 23.7. The Morgan fingerprint density at radius 2 is 1.04 bits per heavy atom. The number of esters is 1. The van der Waals surface area contributed by atoms with Gasteiger partial charge in [0.2, 0.25) is 5.91 Å². The van der Waals surface area contributed by atoms with Gasteiger partial charge in [-0.15, -0.1) is 0 Å². The van der Waals surface area contributed by atoms with Crippen LogP contribution in [0.15, 0.2) is 60.8 Å². The molecule has 6 heteroatoms. The number of rotatable bonds is 42. The van der Waals surface area contributed by atoms with Crippen molar-refractivity contribution in [1.29, 1.82) is 0 Å². The van der Waals surface area contributed by atoms with Crippen LogP contribution in [0.2, 0.25) is 0 Å². The Hall–Kier alpha value is -2.44. The molecule has 3 atom stereocenters. The van der Waals surface area contributed by atoms with Crippen LogP contribution in [0.1, 0.15) is 226 Å². The minimum Gasteiger partial charge on any atom is -0.462 e. The van der Waals surface area contributed by atoms with Gasteiger partial charge >= 0.3 is 5.97 Å². The Bertz CT molecular complexity index is 1030. The first-order valence-corrected chi connectivity index (χ1v) is 24.0. The van der Waals surface area contributed by atoms with E-state index in [4.69, 9.17) is 4.74 Å². The first-order valence-electron chi connectivity index (χ1n) is 24.0. The second kappa shape index (κ2) is 44.7. The topological polar surface area (TPSA) is 95.9 Å². The molecule has 0 spiro atoms. The molecule has 0 bridgehead atoms. The second-order valence-electron chi connectivity index (χ2n) is 16.2. The number of amides is 1. The van der Waals surface area contributed by atoms with Gasteiger partial charge in [-0.2, -0.15) is 0 Å². The highest BCUT2D eigenvalue weighted by molar-refractivity contribution is 5.77. The van der Waals surface area contributed by atoms with E-state index < -0.39 is 18.2 Å². The number of unbranched alkanes of at least 4 members (excludes halogenated alkanes) is 22. The normalized spacial score (nSPS) is 13.8. The minimum atomic E-state index is -0.798. The second-order valence-corrected chi connectivity index (χ2v) is 16.2. The lowest BCUT2D eigenvalue weighted by Crippen LogP contribution is -2.46. The number of hydrogen-bond acceptors (Lipinski definition) is 5. The zero-order valence-corrected chi connectivity index (χ0v) is 37.5. The molecule has 0 saturated heterocycles. The Balaban J connectivity index is 4.59. The maximum Gasteiger partial charge on any atom is 0.306 e. The monoisotopic (exact) mass is 798 g/mol. The van der Waals surface area contributed by atoms with Crippen LogP contribution in [0, 0.1) is 0 Å². The fraction of sp³-hybridized carbons (Fsp3) is 0.765. The van der Waals surface area contributed by atoms with Crippen LogP contribution in [0.3, 0.4) is 0 Å². The number of hydrogen-bond donors (Lipinski definition) is 3. The van der Waals surface area contributed by atoms with Crippen LogP contribution in [0.25, 0.3) is 0 Å². The highest BCUT2D eigenvalue weighted by Gasteiger charge is 2.24. The van der Waals surface area contributed by atoms with E-state index in [0.29, 0.717) is 19.3 Å². The molecule has 0 aromatic rings. The summed E-state index contributed by atoms with van der Waals surface area (Å²) in [5.41, 5.74) is 0. The smallest absolute Gasteiger partial charge is 0.306 e. The van der Waals surface area contributed by atoms with E-state index in [-0.39, 0.29) is 24.9 Å². The summed E-state index contributed by atoms with van der Waals surface area (Å²) in [6.45, 7) is 6.22. The molecule has 0 aliphatic carbocycles. The molecule has 0 saturated carbocycles. The number of nitrogens with one attached hydrogen (secondary N) is 1. The van der Waals surface area contributed by atoms with E-state index >= 15 is 0 Å². The van der Waals surface area contributed by atoms with Crippen LogP contribution in [-0.2, 0) is 14.3 Å². The molecule has 0 heterocycles. The molecule has 0 fully saturated rings. The van der Waals surface area contributed by atoms with E-state index in [1.807, 2.05) is 12.2 Å². The first kappa shape index (κ1) is 54.6. The molecule has 0 aliphatic heterocycles. The van der Waals surface area contributed by atoms with Gasteiger partial charge in [-0.3, -0.25) is 9.59 Å². The van der Waals surface area contributed by atoms with Crippen molar-refractivity contribution < 1.29 is 24.5 Å². The maximum atomic E-state index is 13.1. The molecule has 3 N–H and O–H groups in total. The fourth-order valence-corrected chi connectivity index (χ4v) is 7.06. The van der Waals surface area contributed by atoms with Crippen molar-refractivity contribution in [1.82, 2.24) is 5.32 Å². The van der Waals surface area contributed by atoms with Gasteiger partial charge in [-0.05, 0) is 70.6 Å². The number of carbonyl (C=O) groups excluding carboxylic acids is 2. The van der Waals surface area contributed by atoms with E-state index in [2.05, 4.69) is 74.7 Å². The lowest BCUT2D eigenvalue weighted by Gasteiger charge is -2.24. The summed E-state index contributed by atoms with van der Waals surface area (Å²) >= 11 is 0. The Kier molecular flexibility index (Phi) is 42.7. The Labute approximate surface area is 352 Å². The number of allylic oxidation sites excluding steroid dienone is 10.